The maximum atomic E-state index is 14.8. The molecule has 7 rings (SSSR count). The molecule has 4 aromatic carbocycles. The van der Waals surface area contributed by atoms with Crippen molar-refractivity contribution in [3.63, 3.8) is 0 Å². The minimum atomic E-state index is -0.433. The molecular weight excluding hydrogens is 621 g/mol. The number of aromatic nitrogens is 2. The Morgan fingerprint density at radius 2 is 0.957 bits per heavy atom. The molecule has 0 atom stereocenters. The number of carbonyl (C=O) groups excluding carboxylic acids is 1. The van der Waals surface area contributed by atoms with Crippen LogP contribution in [0.4, 0.5) is 4.79 Å². The predicted octanol–water partition coefficient (Wildman–Crippen LogP) is 6.96. The van der Waals surface area contributed by atoms with E-state index in [1.807, 2.05) is 84.9 Å². The minimum Gasteiger partial charge on any atom is -0.503 e. The third-order valence-corrected chi connectivity index (χ3v) is 9.66. The maximum Gasteiger partial charge on any atom is 0.329 e. The molecule has 0 saturated heterocycles. The largest absolute Gasteiger partial charge is 0.503 e. The topological polar surface area (TPSA) is 130 Å². The number of amides is 2. The Balaban J connectivity index is 1.36. The third-order valence-electron chi connectivity index (χ3n) is 7.97. The summed E-state index contributed by atoms with van der Waals surface area (Å²) in [6.45, 7) is 0.155. The summed E-state index contributed by atoms with van der Waals surface area (Å²) < 4.78 is 1.51. The van der Waals surface area contributed by atoms with Crippen molar-refractivity contribution in [1.29, 1.82) is 0 Å². The Morgan fingerprint density at radius 1 is 0.543 bits per heavy atom. The monoisotopic (exact) mass is 648 g/mol. The van der Waals surface area contributed by atoms with Crippen molar-refractivity contribution in [3.05, 3.63) is 162 Å². The van der Waals surface area contributed by atoms with Gasteiger partial charge in [-0.2, -0.15) is 0 Å². The lowest BCUT2D eigenvalue weighted by atomic mass is 10.0. The number of nitrogens with zero attached hydrogens (tertiary/aromatic N) is 2. The number of fused-ring (bicyclic) bond motifs is 2. The van der Waals surface area contributed by atoms with Gasteiger partial charge < -0.3 is 20.2 Å². The van der Waals surface area contributed by atoms with E-state index in [-0.39, 0.29) is 58.6 Å². The van der Waals surface area contributed by atoms with Gasteiger partial charge in [0.15, 0.2) is 11.5 Å². The van der Waals surface area contributed by atoms with Crippen LogP contribution >= 0.6 is 22.7 Å². The van der Waals surface area contributed by atoms with Gasteiger partial charge in [-0.15, -0.1) is 0 Å². The molecular formula is C35H28N4O5S2. The zero-order valence-corrected chi connectivity index (χ0v) is 26.0. The molecule has 1 aliphatic heterocycles. The fraction of sp³-hybridized carbons (Fsp3) is 0.114. The van der Waals surface area contributed by atoms with Crippen molar-refractivity contribution in [2.45, 2.75) is 25.9 Å². The van der Waals surface area contributed by atoms with Crippen LogP contribution in [0.1, 0.15) is 22.3 Å². The van der Waals surface area contributed by atoms with Gasteiger partial charge in [0.1, 0.15) is 0 Å². The van der Waals surface area contributed by atoms with Crippen LogP contribution in [0.15, 0.2) is 130 Å². The van der Waals surface area contributed by atoms with E-state index in [0.29, 0.717) is 11.0 Å². The molecule has 46 heavy (non-hydrogen) atoms. The molecule has 0 spiro atoms. The van der Waals surface area contributed by atoms with Gasteiger partial charge in [0.05, 0.1) is 44.9 Å². The first-order valence-corrected chi connectivity index (χ1v) is 16.2. The van der Waals surface area contributed by atoms with Crippen molar-refractivity contribution in [1.82, 2.24) is 19.8 Å². The first kappa shape index (κ1) is 29.3. The highest BCUT2D eigenvalue weighted by atomic mass is 32.1. The molecule has 11 heteroatoms. The number of hydrogen-bond acceptors (Lipinski definition) is 7. The molecule has 0 bridgehead atoms. The van der Waals surface area contributed by atoms with Gasteiger partial charge in [-0.25, -0.2) is 4.79 Å². The lowest BCUT2D eigenvalue weighted by molar-refractivity contribution is 0.171. The van der Waals surface area contributed by atoms with Crippen LogP contribution in [0, 0.1) is 0 Å². The Bertz CT molecular complexity index is 2110. The third kappa shape index (κ3) is 5.85. The number of aliphatic hydroxyl groups excluding tert-OH is 2. The molecule has 0 fully saturated rings. The lowest BCUT2D eigenvalue weighted by Crippen LogP contribution is -2.41. The Hall–Kier alpha value is -5.39. The molecule has 2 aromatic heterocycles. The molecule has 0 aliphatic carbocycles. The summed E-state index contributed by atoms with van der Waals surface area (Å²) in [5, 5.41) is 23.5. The molecule has 2 amide bonds. The molecule has 4 N–H and O–H groups in total. The van der Waals surface area contributed by atoms with Crippen LogP contribution in [-0.4, -0.2) is 36.0 Å². The van der Waals surface area contributed by atoms with Gasteiger partial charge in [0.2, 0.25) is 0 Å². The second-order valence-corrected chi connectivity index (χ2v) is 13.1. The number of nitrogens with one attached hydrogen (secondary N) is 2. The summed E-state index contributed by atoms with van der Waals surface area (Å²) in [7, 11) is 0. The summed E-state index contributed by atoms with van der Waals surface area (Å²) in [5.41, 5.74) is 5.11. The molecule has 3 heterocycles. The summed E-state index contributed by atoms with van der Waals surface area (Å²) in [6.07, 6.45) is 0.357. The molecule has 0 saturated carbocycles. The zero-order valence-electron chi connectivity index (χ0n) is 24.4. The summed E-state index contributed by atoms with van der Waals surface area (Å²) in [6, 6.07) is 29.5. The van der Waals surface area contributed by atoms with E-state index in [0.717, 1.165) is 54.3 Å². The van der Waals surface area contributed by atoms with Crippen molar-refractivity contribution in [2.24, 2.45) is 0 Å². The van der Waals surface area contributed by atoms with Gasteiger partial charge in [-0.3, -0.25) is 19.4 Å². The average molecular weight is 649 g/mol. The molecule has 230 valence electrons. The van der Waals surface area contributed by atoms with E-state index in [1.54, 1.807) is 12.1 Å². The van der Waals surface area contributed by atoms with Crippen molar-refractivity contribution < 1.29 is 15.0 Å². The quantitative estimate of drug-likeness (QED) is 0.142. The molecule has 1 aliphatic rings. The molecule has 9 nitrogen and oxygen atoms in total. The Labute approximate surface area is 270 Å². The van der Waals surface area contributed by atoms with Crippen LogP contribution in [0.25, 0.3) is 20.4 Å². The van der Waals surface area contributed by atoms with Crippen LogP contribution in [-0.2, 0) is 25.9 Å². The van der Waals surface area contributed by atoms with Crippen molar-refractivity contribution in [3.8, 4) is 0 Å². The van der Waals surface area contributed by atoms with E-state index in [4.69, 9.17) is 0 Å². The number of rotatable bonds is 8. The summed E-state index contributed by atoms with van der Waals surface area (Å²) in [5.74, 6) is -0.755. The van der Waals surface area contributed by atoms with Gasteiger partial charge in [0.25, 0.3) is 0 Å². The van der Waals surface area contributed by atoms with Crippen molar-refractivity contribution >= 4 is 49.1 Å². The standard InChI is InChI=1S/C35H28N4O5S2/c40-31-27(15-21-7-3-1-4-8-21)38(19-23-11-13-25-29(17-23)45-33(42)36-25)35(44)39(28(32(31)41)16-22-9-5-2-6-10-22)20-24-12-14-26-30(18-24)46-34(43)37-26/h1-14,17-18,40-41H,15-16,19-20H2,(H,36,42)(H,37,43). The predicted molar refractivity (Wildman–Crippen MR) is 181 cm³/mol. The van der Waals surface area contributed by atoms with E-state index < -0.39 is 6.03 Å². The van der Waals surface area contributed by atoms with Gasteiger partial charge in [-0.1, -0.05) is 95.5 Å². The highest BCUT2D eigenvalue weighted by Gasteiger charge is 2.36. The molecule has 0 unspecified atom stereocenters. The number of thiazole rings is 2. The number of hydrogen-bond donors (Lipinski definition) is 4. The van der Waals surface area contributed by atoms with E-state index >= 15 is 0 Å². The van der Waals surface area contributed by atoms with Gasteiger partial charge in [-0.05, 0) is 46.5 Å². The number of aliphatic hydroxyl groups is 2. The number of aromatic amines is 2. The van der Waals surface area contributed by atoms with E-state index in [1.165, 1.54) is 9.80 Å². The van der Waals surface area contributed by atoms with Crippen molar-refractivity contribution in [2.75, 3.05) is 0 Å². The second kappa shape index (κ2) is 12.2. The normalized spacial score (nSPS) is 14.1. The maximum absolute atomic E-state index is 14.8. The summed E-state index contributed by atoms with van der Waals surface area (Å²) >= 11 is 2.17. The molecule has 0 radical (unpaired) electrons. The number of H-pyrrole nitrogens is 2. The lowest BCUT2D eigenvalue weighted by Gasteiger charge is -2.31. The fourth-order valence-corrected chi connectivity index (χ4v) is 7.31. The number of urea groups is 1. The first-order valence-electron chi connectivity index (χ1n) is 14.6. The second-order valence-electron chi connectivity index (χ2n) is 11.1. The first-order chi connectivity index (χ1) is 22.3. The summed E-state index contributed by atoms with van der Waals surface area (Å²) in [4.78, 5) is 47.1. The van der Waals surface area contributed by atoms with Crippen LogP contribution in [0.3, 0.4) is 0 Å². The smallest absolute Gasteiger partial charge is 0.329 e. The highest BCUT2D eigenvalue weighted by molar-refractivity contribution is 7.16. The van der Waals surface area contributed by atoms with Crippen LogP contribution < -0.4 is 9.75 Å². The minimum absolute atomic E-state index is 0.0773. The SMILES string of the molecule is O=C1N(Cc2ccc3[nH]c(=O)sc3c2)C(Cc2ccccc2)=C(O)C(O)=C(Cc2ccccc2)N1Cc1ccc2[nH]c(=O)sc2c1. The van der Waals surface area contributed by atoms with Gasteiger partial charge in [0, 0.05) is 12.8 Å². The van der Waals surface area contributed by atoms with E-state index in [9.17, 15) is 24.6 Å². The molecule has 6 aromatic rings. The Kier molecular flexibility index (Phi) is 7.77. The van der Waals surface area contributed by atoms with Gasteiger partial charge >= 0.3 is 15.8 Å². The average Bonchev–Trinajstić information content (AvgIpc) is 3.62. The zero-order chi connectivity index (χ0) is 31.8. The highest BCUT2D eigenvalue weighted by Crippen LogP contribution is 2.33. The number of allylic oxidation sites excluding steroid dienone is 2. The number of benzene rings is 4. The van der Waals surface area contributed by atoms with Crippen LogP contribution in [0.2, 0.25) is 0 Å². The van der Waals surface area contributed by atoms with Crippen LogP contribution in [0.5, 0.6) is 0 Å². The number of carbonyl (C=O) groups is 1. The van der Waals surface area contributed by atoms with E-state index in [2.05, 4.69) is 9.97 Å². The fourth-order valence-electron chi connectivity index (χ4n) is 5.71. The Morgan fingerprint density at radius 3 is 1.37 bits per heavy atom.